The molecule has 0 saturated carbocycles. The second-order valence-electron chi connectivity index (χ2n) is 5.98. The molecular weight excluding hydrogens is 340 g/mol. The van der Waals surface area contributed by atoms with Gasteiger partial charge in [0.1, 0.15) is 5.75 Å². The summed E-state index contributed by atoms with van der Waals surface area (Å²) in [5.41, 5.74) is 7.62. The van der Waals surface area contributed by atoms with Gasteiger partial charge in [0.05, 0.1) is 17.9 Å². The van der Waals surface area contributed by atoms with Crippen LogP contribution in [-0.4, -0.2) is 18.4 Å². The second-order valence-corrected chi connectivity index (χ2v) is 5.98. The molecule has 0 radical (unpaired) electrons. The molecule has 0 aliphatic rings. The van der Waals surface area contributed by atoms with Crippen molar-refractivity contribution in [1.29, 1.82) is 0 Å². The molecule has 0 aromatic heterocycles. The van der Waals surface area contributed by atoms with E-state index < -0.39 is 5.91 Å². The van der Waals surface area contributed by atoms with Crippen molar-refractivity contribution in [1.82, 2.24) is 0 Å². The Bertz CT molecular complexity index is 939. The first kappa shape index (κ1) is 18.2. The molecule has 0 fully saturated rings. The molecule has 0 aliphatic heterocycles. The largest absolute Gasteiger partial charge is 0.493 e. The number of nitrogens with one attached hydrogen (secondary N) is 1. The van der Waals surface area contributed by atoms with Gasteiger partial charge in [-0.25, -0.2) is 0 Å². The fraction of sp³-hybridized carbons (Fsp3) is 0.0909. The molecule has 27 heavy (non-hydrogen) atoms. The van der Waals surface area contributed by atoms with E-state index in [1.165, 1.54) is 5.56 Å². The molecular formula is C22H20N2O3. The molecule has 2 amide bonds. The Morgan fingerprint density at radius 3 is 2.41 bits per heavy atom. The Balaban J connectivity index is 1.64. The molecule has 3 aromatic rings. The number of ether oxygens (including phenoxy) is 1. The molecule has 3 aromatic carbocycles. The van der Waals surface area contributed by atoms with E-state index in [2.05, 4.69) is 5.32 Å². The van der Waals surface area contributed by atoms with Crippen molar-refractivity contribution >= 4 is 17.5 Å². The molecule has 0 spiro atoms. The smallest absolute Gasteiger partial charge is 0.255 e. The number of rotatable bonds is 7. The molecule has 0 bridgehead atoms. The number of benzene rings is 3. The first-order valence-electron chi connectivity index (χ1n) is 8.60. The lowest BCUT2D eigenvalue weighted by Gasteiger charge is -2.10. The number of para-hydroxylation sites is 1. The summed E-state index contributed by atoms with van der Waals surface area (Å²) in [5.74, 6) is -0.317. The lowest BCUT2D eigenvalue weighted by molar-refractivity contribution is 0.100. The quantitative estimate of drug-likeness (QED) is 0.675. The fourth-order valence-electron chi connectivity index (χ4n) is 2.66. The lowest BCUT2D eigenvalue weighted by Crippen LogP contribution is -2.18. The van der Waals surface area contributed by atoms with E-state index >= 15 is 0 Å². The predicted octanol–water partition coefficient (Wildman–Crippen LogP) is 3.66. The number of carbonyl (C=O) groups is 2. The Hall–Kier alpha value is -3.60. The van der Waals surface area contributed by atoms with E-state index in [9.17, 15) is 9.59 Å². The Kier molecular flexibility index (Phi) is 5.84. The van der Waals surface area contributed by atoms with Gasteiger partial charge in [-0.05, 0) is 35.9 Å². The van der Waals surface area contributed by atoms with Crippen LogP contribution in [-0.2, 0) is 6.42 Å². The van der Waals surface area contributed by atoms with Gasteiger partial charge in [-0.1, -0.05) is 48.5 Å². The Labute approximate surface area is 157 Å². The summed E-state index contributed by atoms with van der Waals surface area (Å²) < 4.78 is 5.76. The monoisotopic (exact) mass is 360 g/mol. The van der Waals surface area contributed by atoms with Crippen molar-refractivity contribution in [3.05, 3.63) is 95.6 Å². The van der Waals surface area contributed by atoms with E-state index in [-0.39, 0.29) is 11.5 Å². The van der Waals surface area contributed by atoms with Crippen molar-refractivity contribution < 1.29 is 14.3 Å². The van der Waals surface area contributed by atoms with Gasteiger partial charge in [0, 0.05) is 12.0 Å². The van der Waals surface area contributed by atoms with Crippen LogP contribution in [0.3, 0.4) is 0 Å². The molecule has 3 rings (SSSR count). The van der Waals surface area contributed by atoms with Crippen molar-refractivity contribution in [3.8, 4) is 5.75 Å². The van der Waals surface area contributed by atoms with Gasteiger partial charge in [-0.2, -0.15) is 0 Å². The highest BCUT2D eigenvalue weighted by molar-refractivity contribution is 6.08. The van der Waals surface area contributed by atoms with Crippen molar-refractivity contribution in [2.75, 3.05) is 11.9 Å². The molecule has 0 atom stereocenters. The zero-order chi connectivity index (χ0) is 19.1. The summed E-state index contributed by atoms with van der Waals surface area (Å²) >= 11 is 0. The van der Waals surface area contributed by atoms with Crippen LogP contribution in [0.5, 0.6) is 5.75 Å². The van der Waals surface area contributed by atoms with Crippen LogP contribution in [0.15, 0.2) is 78.9 Å². The minimum absolute atomic E-state index is 0.265. The molecule has 136 valence electrons. The normalized spacial score (nSPS) is 10.2. The molecule has 5 nitrogen and oxygen atoms in total. The van der Waals surface area contributed by atoms with Gasteiger partial charge in [0.2, 0.25) is 0 Å². The second kappa shape index (κ2) is 8.67. The van der Waals surface area contributed by atoms with Gasteiger partial charge >= 0.3 is 0 Å². The summed E-state index contributed by atoms with van der Waals surface area (Å²) in [6, 6.07) is 23.6. The first-order valence-corrected chi connectivity index (χ1v) is 8.60. The van der Waals surface area contributed by atoms with E-state index in [1.807, 2.05) is 30.3 Å². The highest BCUT2D eigenvalue weighted by Crippen LogP contribution is 2.18. The van der Waals surface area contributed by atoms with E-state index in [4.69, 9.17) is 10.5 Å². The number of nitrogens with two attached hydrogens (primary N) is 1. The topological polar surface area (TPSA) is 81.4 Å². The van der Waals surface area contributed by atoms with Crippen LogP contribution < -0.4 is 15.8 Å². The fourth-order valence-corrected chi connectivity index (χ4v) is 2.66. The molecule has 5 heteroatoms. The van der Waals surface area contributed by atoms with Crippen molar-refractivity contribution in [2.45, 2.75) is 6.42 Å². The highest BCUT2D eigenvalue weighted by Gasteiger charge is 2.12. The molecule has 0 aliphatic carbocycles. The number of anilines is 1. The standard InChI is InChI=1S/C22H20N2O3/c23-21(25)19-11-4-5-12-20(19)24-22(26)17-9-6-10-18(15-17)27-14-13-16-7-2-1-3-8-16/h1-12,15H,13-14H2,(H2,23,25)(H,24,26). The van der Waals surface area contributed by atoms with Gasteiger partial charge in [-0.15, -0.1) is 0 Å². The van der Waals surface area contributed by atoms with Gasteiger partial charge < -0.3 is 15.8 Å². The maximum atomic E-state index is 12.5. The van der Waals surface area contributed by atoms with Crippen LogP contribution in [0, 0.1) is 0 Å². The number of hydrogen-bond acceptors (Lipinski definition) is 3. The average Bonchev–Trinajstić information content (AvgIpc) is 2.69. The maximum Gasteiger partial charge on any atom is 0.255 e. The summed E-state index contributed by atoms with van der Waals surface area (Å²) in [5, 5.41) is 2.72. The number of carbonyl (C=O) groups excluding carboxylic acids is 2. The number of amides is 2. The van der Waals surface area contributed by atoms with Gasteiger partial charge in [-0.3, -0.25) is 9.59 Å². The van der Waals surface area contributed by atoms with Crippen LogP contribution in [0.2, 0.25) is 0 Å². The number of hydrogen-bond donors (Lipinski definition) is 2. The van der Waals surface area contributed by atoms with Crippen LogP contribution in [0.25, 0.3) is 0 Å². The lowest BCUT2D eigenvalue weighted by atomic mass is 10.1. The van der Waals surface area contributed by atoms with Crippen LogP contribution in [0.1, 0.15) is 26.3 Å². The Morgan fingerprint density at radius 2 is 1.63 bits per heavy atom. The average molecular weight is 360 g/mol. The minimum Gasteiger partial charge on any atom is -0.493 e. The zero-order valence-corrected chi connectivity index (χ0v) is 14.7. The predicted molar refractivity (Wildman–Crippen MR) is 105 cm³/mol. The van der Waals surface area contributed by atoms with E-state index in [0.29, 0.717) is 23.6 Å². The van der Waals surface area contributed by atoms with Crippen LogP contribution in [0.4, 0.5) is 5.69 Å². The SMILES string of the molecule is NC(=O)c1ccccc1NC(=O)c1cccc(OCCc2ccccc2)c1. The van der Waals surface area contributed by atoms with Gasteiger partial charge in [0.15, 0.2) is 0 Å². The van der Waals surface area contributed by atoms with E-state index in [1.54, 1.807) is 48.5 Å². The van der Waals surface area contributed by atoms with E-state index in [0.717, 1.165) is 6.42 Å². The minimum atomic E-state index is -0.594. The molecule has 0 heterocycles. The highest BCUT2D eigenvalue weighted by atomic mass is 16.5. The summed E-state index contributed by atoms with van der Waals surface area (Å²) in [4.78, 5) is 24.0. The number of primary amides is 1. The molecule has 0 saturated heterocycles. The molecule has 3 N–H and O–H groups in total. The van der Waals surface area contributed by atoms with Crippen molar-refractivity contribution in [3.63, 3.8) is 0 Å². The van der Waals surface area contributed by atoms with Crippen molar-refractivity contribution in [2.24, 2.45) is 5.73 Å². The molecule has 0 unspecified atom stereocenters. The summed E-state index contributed by atoms with van der Waals surface area (Å²) in [6.45, 7) is 0.513. The third-order valence-corrected chi connectivity index (χ3v) is 4.04. The maximum absolute atomic E-state index is 12.5. The Morgan fingerprint density at radius 1 is 0.889 bits per heavy atom. The van der Waals surface area contributed by atoms with Gasteiger partial charge in [0.25, 0.3) is 11.8 Å². The third kappa shape index (κ3) is 4.95. The third-order valence-electron chi connectivity index (χ3n) is 4.04. The first-order chi connectivity index (χ1) is 13.1. The van der Waals surface area contributed by atoms with Crippen LogP contribution >= 0.6 is 0 Å². The summed E-state index contributed by atoms with van der Waals surface area (Å²) in [7, 11) is 0. The zero-order valence-electron chi connectivity index (χ0n) is 14.7. The summed E-state index contributed by atoms with van der Waals surface area (Å²) in [6.07, 6.45) is 0.781.